The van der Waals surface area contributed by atoms with Crippen LogP contribution >= 0.6 is 11.3 Å². The summed E-state index contributed by atoms with van der Waals surface area (Å²) in [6, 6.07) is 3.04. The first kappa shape index (κ1) is 23.7. The van der Waals surface area contributed by atoms with Gasteiger partial charge in [-0.15, -0.1) is 11.3 Å². The van der Waals surface area contributed by atoms with Gasteiger partial charge in [-0.05, 0) is 29.5 Å². The van der Waals surface area contributed by atoms with Gasteiger partial charge in [-0.1, -0.05) is 34.6 Å². The number of nitrogens with zero attached hydrogens (tertiary/aromatic N) is 4. The summed E-state index contributed by atoms with van der Waals surface area (Å²) in [4.78, 5) is 9.84. The Labute approximate surface area is 178 Å². The van der Waals surface area contributed by atoms with Crippen molar-refractivity contribution in [2.75, 3.05) is 7.11 Å². The molecular weight excluding hydrogens is 413 g/mol. The number of ether oxygens (including phenoxy) is 1. The van der Waals surface area contributed by atoms with Crippen LogP contribution < -0.4 is 9.54 Å². The van der Waals surface area contributed by atoms with E-state index in [1.54, 1.807) is 6.19 Å². The Hall–Kier alpha value is -2.60. The lowest BCUT2D eigenvalue weighted by Crippen LogP contribution is -2.19. The fraction of sp³-hybridized carbons (Fsp3) is 0.476. The third kappa shape index (κ3) is 5.72. The molecule has 2 aromatic rings. The van der Waals surface area contributed by atoms with E-state index >= 15 is 0 Å². The topological polar surface area (TPSA) is 62.7 Å². The standard InChI is InChI=1S/C21H25F3N4OS/c1-13(2)10-28-11-17(20(3,4)5)30-19(28)27-18(26-12-25)15-9-14(21(22,23)24)7-8-16(15)29-6/h7-9,11,13H,10H2,1-6H3/b26-18+,27-19-. The minimum Gasteiger partial charge on any atom is -0.496 e. The minimum atomic E-state index is -4.54. The average molecular weight is 439 g/mol. The van der Waals surface area contributed by atoms with E-state index in [0.717, 1.165) is 17.0 Å². The number of benzene rings is 1. The zero-order valence-electron chi connectivity index (χ0n) is 17.8. The summed E-state index contributed by atoms with van der Waals surface area (Å²) in [6.07, 6.45) is -0.900. The molecule has 1 aromatic carbocycles. The number of halogens is 3. The maximum absolute atomic E-state index is 13.2. The molecule has 0 fully saturated rings. The van der Waals surface area contributed by atoms with E-state index in [0.29, 0.717) is 17.3 Å². The Balaban J connectivity index is 2.75. The van der Waals surface area contributed by atoms with Gasteiger partial charge in [-0.25, -0.2) is 0 Å². The second-order valence-electron chi connectivity index (χ2n) is 8.23. The molecule has 0 unspecified atom stereocenters. The van der Waals surface area contributed by atoms with Crippen molar-refractivity contribution in [3.05, 3.63) is 45.2 Å². The zero-order valence-corrected chi connectivity index (χ0v) is 18.6. The van der Waals surface area contributed by atoms with Crippen molar-refractivity contribution in [1.29, 1.82) is 5.26 Å². The van der Waals surface area contributed by atoms with Crippen LogP contribution in [-0.4, -0.2) is 17.5 Å². The van der Waals surface area contributed by atoms with Gasteiger partial charge in [0.2, 0.25) is 6.19 Å². The van der Waals surface area contributed by atoms with E-state index in [4.69, 9.17) is 10.00 Å². The van der Waals surface area contributed by atoms with Crippen molar-refractivity contribution in [1.82, 2.24) is 4.57 Å². The first-order valence-corrected chi connectivity index (χ1v) is 10.2. The molecule has 9 heteroatoms. The van der Waals surface area contributed by atoms with Crippen molar-refractivity contribution in [2.45, 2.75) is 52.8 Å². The number of aliphatic imine (C=N–C) groups is 1. The molecule has 1 aromatic heterocycles. The quantitative estimate of drug-likeness (QED) is 0.367. The molecule has 0 amide bonds. The highest BCUT2D eigenvalue weighted by molar-refractivity contribution is 7.09. The van der Waals surface area contributed by atoms with Gasteiger partial charge < -0.3 is 9.30 Å². The van der Waals surface area contributed by atoms with Crippen LogP contribution in [0, 0.1) is 17.4 Å². The van der Waals surface area contributed by atoms with Crippen LogP contribution in [0.1, 0.15) is 50.6 Å². The largest absolute Gasteiger partial charge is 0.496 e. The molecule has 0 saturated carbocycles. The summed E-state index contributed by atoms with van der Waals surface area (Å²) < 4.78 is 46.9. The Morgan fingerprint density at radius 1 is 1.27 bits per heavy atom. The maximum Gasteiger partial charge on any atom is 0.416 e. The third-order valence-electron chi connectivity index (χ3n) is 4.15. The van der Waals surface area contributed by atoms with Gasteiger partial charge in [0.15, 0.2) is 10.6 Å². The van der Waals surface area contributed by atoms with Crippen molar-refractivity contribution in [3.8, 4) is 11.9 Å². The van der Waals surface area contributed by atoms with Crippen molar-refractivity contribution in [3.63, 3.8) is 0 Å². The van der Waals surface area contributed by atoms with Gasteiger partial charge in [0.05, 0.1) is 18.2 Å². The smallest absolute Gasteiger partial charge is 0.416 e. The number of aromatic nitrogens is 1. The summed E-state index contributed by atoms with van der Waals surface area (Å²) in [5.74, 6) is 0.356. The van der Waals surface area contributed by atoms with E-state index in [-0.39, 0.29) is 22.6 Å². The molecule has 0 atom stereocenters. The van der Waals surface area contributed by atoms with Crippen LogP contribution in [0.2, 0.25) is 0 Å². The number of hydrogen-bond acceptors (Lipinski definition) is 4. The van der Waals surface area contributed by atoms with Gasteiger partial charge >= 0.3 is 6.18 Å². The monoisotopic (exact) mass is 438 g/mol. The highest BCUT2D eigenvalue weighted by Gasteiger charge is 2.32. The van der Waals surface area contributed by atoms with Crippen LogP contribution in [-0.2, 0) is 18.1 Å². The third-order valence-corrected chi connectivity index (χ3v) is 5.59. The SMILES string of the molecule is COc1ccc(C(F)(F)F)cc1C(/N=c1\sc(C(C)(C)C)cn1CC(C)C)=N\C#N. The lowest BCUT2D eigenvalue weighted by Gasteiger charge is -2.14. The molecule has 0 aliphatic heterocycles. The molecule has 0 saturated heterocycles. The number of hydrogen-bond donors (Lipinski definition) is 0. The molecule has 30 heavy (non-hydrogen) atoms. The second kappa shape index (κ2) is 9.04. The molecule has 0 N–H and O–H groups in total. The number of rotatable bonds is 4. The van der Waals surface area contributed by atoms with Gasteiger partial charge in [0.25, 0.3) is 0 Å². The summed E-state index contributed by atoms with van der Waals surface area (Å²) >= 11 is 1.42. The molecule has 2 rings (SSSR count). The molecule has 0 bridgehead atoms. The lowest BCUT2D eigenvalue weighted by atomic mass is 9.95. The van der Waals surface area contributed by atoms with Crippen LogP contribution in [0.5, 0.6) is 5.75 Å². The highest BCUT2D eigenvalue weighted by atomic mass is 32.1. The van der Waals surface area contributed by atoms with Crippen molar-refractivity contribution in [2.24, 2.45) is 15.9 Å². The molecule has 5 nitrogen and oxygen atoms in total. The first-order chi connectivity index (χ1) is 13.9. The minimum absolute atomic E-state index is 0.00989. The predicted molar refractivity (Wildman–Crippen MR) is 112 cm³/mol. The highest BCUT2D eigenvalue weighted by Crippen LogP contribution is 2.33. The number of nitriles is 1. The number of thiazole rings is 1. The summed E-state index contributed by atoms with van der Waals surface area (Å²) in [5.41, 5.74) is -0.983. The van der Waals surface area contributed by atoms with Gasteiger partial charge in [-0.2, -0.15) is 28.4 Å². The van der Waals surface area contributed by atoms with Crippen LogP contribution in [0.3, 0.4) is 0 Å². The normalized spacial score (nSPS) is 13.6. The lowest BCUT2D eigenvalue weighted by molar-refractivity contribution is -0.137. The Morgan fingerprint density at radius 2 is 1.93 bits per heavy atom. The Kier molecular flexibility index (Phi) is 7.14. The average Bonchev–Trinajstić information content (AvgIpc) is 3.02. The molecule has 0 spiro atoms. The number of methoxy groups -OCH3 is 1. The van der Waals surface area contributed by atoms with Crippen LogP contribution in [0.4, 0.5) is 13.2 Å². The van der Waals surface area contributed by atoms with E-state index in [9.17, 15) is 13.2 Å². The van der Waals surface area contributed by atoms with Gasteiger partial charge in [0.1, 0.15) is 5.75 Å². The Bertz CT molecular complexity index is 1030. The van der Waals surface area contributed by atoms with Crippen molar-refractivity contribution < 1.29 is 17.9 Å². The Morgan fingerprint density at radius 3 is 2.43 bits per heavy atom. The second-order valence-corrected chi connectivity index (χ2v) is 9.24. The summed E-state index contributed by atoms with van der Waals surface area (Å²) in [6.45, 7) is 11.0. The molecule has 1 heterocycles. The zero-order chi connectivity index (χ0) is 22.7. The van der Waals surface area contributed by atoms with E-state index in [1.807, 2.05) is 10.8 Å². The first-order valence-electron chi connectivity index (χ1n) is 9.34. The van der Waals surface area contributed by atoms with Crippen LogP contribution in [0.15, 0.2) is 34.4 Å². The fourth-order valence-electron chi connectivity index (χ4n) is 2.68. The molecule has 162 valence electrons. The molecule has 0 aliphatic rings. The fourth-order valence-corrected chi connectivity index (χ4v) is 3.74. The summed E-state index contributed by atoms with van der Waals surface area (Å²) in [5, 5.41) is 9.15. The maximum atomic E-state index is 13.2. The van der Waals surface area contributed by atoms with E-state index in [1.165, 1.54) is 24.5 Å². The van der Waals surface area contributed by atoms with Crippen LogP contribution in [0.25, 0.3) is 0 Å². The van der Waals surface area contributed by atoms with Gasteiger partial charge in [-0.3, -0.25) is 0 Å². The molecule has 0 aliphatic carbocycles. The molecule has 0 radical (unpaired) electrons. The van der Waals surface area contributed by atoms with E-state index in [2.05, 4.69) is 44.6 Å². The predicted octanol–water partition coefficient (Wildman–Crippen LogP) is 5.36. The van der Waals surface area contributed by atoms with Gasteiger partial charge in [0, 0.05) is 17.6 Å². The van der Waals surface area contributed by atoms with Crippen molar-refractivity contribution >= 4 is 17.2 Å². The number of amidine groups is 1. The molecular formula is C21H25F3N4OS. The number of alkyl halides is 3. The van der Waals surface area contributed by atoms with E-state index < -0.39 is 11.7 Å². The summed E-state index contributed by atoms with van der Waals surface area (Å²) in [7, 11) is 1.35.